The van der Waals surface area contributed by atoms with Crippen molar-refractivity contribution >= 4 is 11.7 Å². The predicted molar refractivity (Wildman–Crippen MR) is 105 cm³/mol. The summed E-state index contributed by atoms with van der Waals surface area (Å²) in [5.41, 5.74) is 0.0642. The Morgan fingerprint density at radius 3 is 2.03 bits per heavy atom. The first-order valence-corrected chi connectivity index (χ1v) is 9.50. The Hall–Kier alpha value is -3.43. The molecule has 0 bridgehead atoms. The van der Waals surface area contributed by atoms with Crippen LogP contribution in [0.1, 0.15) is 25.1 Å². The van der Waals surface area contributed by atoms with Crippen molar-refractivity contribution in [1.29, 1.82) is 0 Å². The van der Waals surface area contributed by atoms with Crippen molar-refractivity contribution in [2.75, 3.05) is 5.32 Å². The minimum absolute atomic E-state index is 0.0153. The number of carbonyl (C=O) groups excluding carboxylic acids is 1. The second-order valence-electron chi connectivity index (χ2n) is 7.43. The summed E-state index contributed by atoms with van der Waals surface area (Å²) in [5, 5.41) is 2.32. The van der Waals surface area contributed by atoms with Gasteiger partial charge in [-0.3, -0.25) is 4.79 Å². The molecule has 0 fully saturated rings. The van der Waals surface area contributed by atoms with E-state index in [4.69, 9.17) is 0 Å². The van der Waals surface area contributed by atoms with Crippen molar-refractivity contribution in [2.45, 2.75) is 26.7 Å². The van der Waals surface area contributed by atoms with Gasteiger partial charge in [-0.25, -0.2) is 36.3 Å². The highest BCUT2D eigenvalue weighted by Gasteiger charge is 2.27. The van der Waals surface area contributed by atoms with Gasteiger partial charge in [-0.05, 0) is 36.6 Å². The second-order valence-corrected chi connectivity index (χ2v) is 7.43. The monoisotopic (exact) mass is 453 g/mol. The molecule has 0 aliphatic carbocycles. The van der Waals surface area contributed by atoms with Crippen LogP contribution in [-0.2, 0) is 17.6 Å². The zero-order valence-electron chi connectivity index (χ0n) is 16.9. The summed E-state index contributed by atoms with van der Waals surface area (Å²) >= 11 is 0. The standard InChI is InChI=1S/C22H17F6N3O/c1-10(2)7-14-22(29-9-15(30-14)11-3-5-12(23)6-4-11)31-16(32)8-13-17(24)19(26)21(28)20(27)18(13)25/h3-6,9-10H,7-8H2,1-2H3,(H,29,31,32). The smallest absolute Gasteiger partial charge is 0.230 e. The van der Waals surface area contributed by atoms with E-state index in [0.717, 1.165) is 0 Å². The number of rotatable bonds is 6. The molecule has 10 heteroatoms. The second kappa shape index (κ2) is 9.37. The first kappa shape index (κ1) is 23.2. The van der Waals surface area contributed by atoms with Crippen molar-refractivity contribution in [3.8, 4) is 11.3 Å². The number of hydrogen-bond acceptors (Lipinski definition) is 3. The lowest BCUT2D eigenvalue weighted by Crippen LogP contribution is -2.20. The molecule has 0 aliphatic rings. The summed E-state index contributed by atoms with van der Waals surface area (Å²) in [6.45, 7) is 3.76. The van der Waals surface area contributed by atoms with E-state index in [1.165, 1.54) is 30.5 Å². The lowest BCUT2D eigenvalue weighted by Gasteiger charge is -2.13. The molecule has 1 N–H and O–H groups in total. The van der Waals surface area contributed by atoms with Crippen LogP contribution in [0.15, 0.2) is 30.5 Å². The van der Waals surface area contributed by atoms with Crippen molar-refractivity contribution in [2.24, 2.45) is 5.92 Å². The molecule has 32 heavy (non-hydrogen) atoms. The summed E-state index contributed by atoms with van der Waals surface area (Å²) < 4.78 is 80.8. The van der Waals surface area contributed by atoms with Gasteiger partial charge in [0, 0.05) is 11.1 Å². The van der Waals surface area contributed by atoms with Crippen molar-refractivity contribution in [3.63, 3.8) is 0 Å². The Morgan fingerprint density at radius 1 is 0.906 bits per heavy atom. The van der Waals surface area contributed by atoms with Crippen molar-refractivity contribution in [1.82, 2.24) is 9.97 Å². The molecule has 168 valence electrons. The van der Waals surface area contributed by atoms with E-state index in [9.17, 15) is 31.1 Å². The van der Waals surface area contributed by atoms with Crippen LogP contribution in [0.3, 0.4) is 0 Å². The van der Waals surface area contributed by atoms with Gasteiger partial charge < -0.3 is 5.32 Å². The zero-order chi connectivity index (χ0) is 23.6. The summed E-state index contributed by atoms with van der Waals surface area (Å²) in [6, 6.07) is 5.50. The van der Waals surface area contributed by atoms with E-state index in [0.29, 0.717) is 23.4 Å². The van der Waals surface area contributed by atoms with Crippen LogP contribution in [0.25, 0.3) is 11.3 Å². The first-order chi connectivity index (χ1) is 15.1. The third-order valence-corrected chi connectivity index (χ3v) is 4.48. The molecule has 2 aromatic carbocycles. The van der Waals surface area contributed by atoms with Gasteiger partial charge in [-0.15, -0.1) is 0 Å². The first-order valence-electron chi connectivity index (χ1n) is 9.50. The van der Waals surface area contributed by atoms with E-state index in [2.05, 4.69) is 15.3 Å². The van der Waals surface area contributed by atoms with Crippen LogP contribution in [0, 0.1) is 40.8 Å². The van der Waals surface area contributed by atoms with Gasteiger partial charge in [0.15, 0.2) is 29.1 Å². The maximum Gasteiger partial charge on any atom is 0.230 e. The van der Waals surface area contributed by atoms with Crippen molar-refractivity contribution < 1.29 is 31.1 Å². The molecule has 0 spiro atoms. The van der Waals surface area contributed by atoms with Crippen LogP contribution in [0.4, 0.5) is 32.2 Å². The molecule has 0 aliphatic heterocycles. The molecule has 0 atom stereocenters. The Labute approximate surface area is 179 Å². The molecule has 3 rings (SSSR count). The highest BCUT2D eigenvalue weighted by atomic mass is 19.2. The van der Waals surface area contributed by atoms with Crippen molar-refractivity contribution in [3.05, 3.63) is 76.6 Å². The topological polar surface area (TPSA) is 54.9 Å². The quantitative estimate of drug-likeness (QED) is 0.311. The number of amides is 1. The van der Waals surface area contributed by atoms with Crippen LogP contribution >= 0.6 is 0 Å². The molecule has 0 saturated carbocycles. The normalized spacial score (nSPS) is 11.2. The molecule has 0 unspecified atom stereocenters. The zero-order valence-corrected chi connectivity index (χ0v) is 16.9. The van der Waals surface area contributed by atoms with Crippen LogP contribution < -0.4 is 5.32 Å². The molecule has 1 aromatic heterocycles. The highest BCUT2D eigenvalue weighted by Crippen LogP contribution is 2.25. The lowest BCUT2D eigenvalue weighted by atomic mass is 10.1. The molecule has 0 saturated heterocycles. The summed E-state index contributed by atoms with van der Waals surface area (Å²) in [5.74, 6) is -12.1. The Kier molecular flexibility index (Phi) is 6.81. The minimum atomic E-state index is -2.30. The molecule has 1 heterocycles. The van der Waals surface area contributed by atoms with E-state index in [-0.39, 0.29) is 11.7 Å². The lowest BCUT2D eigenvalue weighted by molar-refractivity contribution is -0.115. The molecule has 1 amide bonds. The minimum Gasteiger partial charge on any atom is -0.309 e. The van der Waals surface area contributed by atoms with Gasteiger partial charge in [0.25, 0.3) is 0 Å². The SMILES string of the molecule is CC(C)Cc1nc(-c2ccc(F)cc2)cnc1NC(=O)Cc1c(F)c(F)c(F)c(F)c1F. The Morgan fingerprint density at radius 2 is 1.47 bits per heavy atom. The largest absolute Gasteiger partial charge is 0.309 e. The summed E-state index contributed by atoms with van der Waals surface area (Å²) in [6.07, 6.45) is 0.569. The Bertz CT molecular complexity index is 1140. The molecular formula is C22H17F6N3O. The van der Waals surface area contributed by atoms with Crippen LogP contribution in [0.2, 0.25) is 0 Å². The fraction of sp³-hybridized carbons (Fsp3) is 0.227. The summed E-state index contributed by atoms with van der Waals surface area (Å²) in [4.78, 5) is 20.9. The third-order valence-electron chi connectivity index (χ3n) is 4.48. The van der Waals surface area contributed by atoms with Crippen LogP contribution in [0.5, 0.6) is 0 Å². The van der Waals surface area contributed by atoms with E-state index in [1.54, 1.807) is 0 Å². The van der Waals surface area contributed by atoms with E-state index >= 15 is 0 Å². The number of halogens is 6. The molecular weight excluding hydrogens is 436 g/mol. The predicted octanol–water partition coefficient (Wildman–Crippen LogP) is 5.36. The van der Waals surface area contributed by atoms with Gasteiger partial charge in [-0.1, -0.05) is 13.8 Å². The maximum atomic E-state index is 13.9. The number of anilines is 1. The Balaban J connectivity index is 1.89. The van der Waals surface area contributed by atoms with Gasteiger partial charge >= 0.3 is 0 Å². The average Bonchev–Trinajstić information content (AvgIpc) is 2.75. The van der Waals surface area contributed by atoms with Crippen LogP contribution in [-0.4, -0.2) is 15.9 Å². The maximum absolute atomic E-state index is 13.9. The van der Waals surface area contributed by atoms with Gasteiger partial charge in [0.2, 0.25) is 11.7 Å². The fourth-order valence-corrected chi connectivity index (χ4v) is 2.96. The highest BCUT2D eigenvalue weighted by molar-refractivity contribution is 5.92. The van der Waals surface area contributed by atoms with Gasteiger partial charge in [0.05, 0.1) is 24.0 Å². The summed E-state index contributed by atoms with van der Waals surface area (Å²) in [7, 11) is 0. The third kappa shape index (κ3) is 4.90. The number of nitrogens with one attached hydrogen (secondary N) is 1. The number of carbonyl (C=O) groups is 1. The number of hydrogen-bond donors (Lipinski definition) is 1. The number of nitrogens with zero attached hydrogens (tertiary/aromatic N) is 2. The molecule has 3 aromatic rings. The average molecular weight is 453 g/mol. The van der Waals surface area contributed by atoms with Gasteiger partial charge in [-0.2, -0.15) is 0 Å². The number of benzene rings is 2. The van der Waals surface area contributed by atoms with E-state index in [1.807, 2.05) is 13.8 Å². The fourth-order valence-electron chi connectivity index (χ4n) is 2.96. The number of aromatic nitrogens is 2. The van der Waals surface area contributed by atoms with E-state index < -0.39 is 52.8 Å². The molecule has 4 nitrogen and oxygen atoms in total. The van der Waals surface area contributed by atoms with Gasteiger partial charge in [0.1, 0.15) is 5.82 Å². The molecule has 0 radical (unpaired) electrons.